The van der Waals surface area contributed by atoms with Crippen molar-refractivity contribution < 1.29 is 31.9 Å². The normalized spacial score (nSPS) is 11.3. The van der Waals surface area contributed by atoms with E-state index in [4.69, 9.17) is 15.6 Å². The molecule has 2 aromatic heterocycles. The number of alkyl halides is 5. The summed E-state index contributed by atoms with van der Waals surface area (Å²) in [7, 11) is 0. The number of hydrogen-bond acceptors (Lipinski definition) is 4. The molecule has 0 unspecified atom stereocenters. The maximum atomic E-state index is 12.2. The van der Waals surface area contributed by atoms with Crippen molar-refractivity contribution in [1.82, 2.24) is 14.6 Å². The van der Waals surface area contributed by atoms with Crippen LogP contribution in [0.3, 0.4) is 0 Å². The lowest BCUT2D eigenvalue weighted by atomic mass is 10.3. The van der Waals surface area contributed by atoms with Gasteiger partial charge >= 0.3 is 12.1 Å². The molecule has 0 fully saturated rings. The van der Waals surface area contributed by atoms with E-state index in [0.717, 1.165) is 6.20 Å². The van der Waals surface area contributed by atoms with E-state index in [-0.39, 0.29) is 5.56 Å². The summed E-state index contributed by atoms with van der Waals surface area (Å²) < 4.78 is 57.3. The first-order chi connectivity index (χ1) is 9.12. The molecule has 3 N–H and O–H groups in total. The number of halogens is 5. The second kappa shape index (κ2) is 5.67. The van der Waals surface area contributed by atoms with E-state index in [9.17, 15) is 22.0 Å². The fourth-order valence-electron chi connectivity index (χ4n) is 1.02. The van der Waals surface area contributed by atoms with Crippen LogP contribution in [0.15, 0.2) is 18.6 Å². The number of aromatic nitrogens is 3. The molecule has 0 saturated heterocycles. The molecule has 0 aliphatic rings. The predicted molar refractivity (Wildman–Crippen MR) is 56.0 cm³/mol. The highest BCUT2D eigenvalue weighted by molar-refractivity contribution is 5.73. The van der Waals surface area contributed by atoms with Crippen LogP contribution < -0.4 is 5.73 Å². The number of aliphatic carboxylic acids is 1. The van der Waals surface area contributed by atoms with Gasteiger partial charge in [0.15, 0.2) is 5.65 Å². The molecule has 0 bridgehead atoms. The van der Waals surface area contributed by atoms with Crippen LogP contribution in [0, 0.1) is 0 Å². The van der Waals surface area contributed by atoms with Gasteiger partial charge in [0.2, 0.25) is 0 Å². The maximum Gasteiger partial charge on any atom is 0.490 e. The van der Waals surface area contributed by atoms with Crippen LogP contribution in [0.25, 0.3) is 5.65 Å². The van der Waals surface area contributed by atoms with E-state index >= 15 is 0 Å². The molecular weight excluding hydrogens is 291 g/mol. The fraction of sp³-hybridized carbons (Fsp3) is 0.222. The lowest BCUT2D eigenvalue weighted by Crippen LogP contribution is -2.21. The number of nitrogens with two attached hydrogens (primary N) is 1. The number of nitrogens with zero attached hydrogens (tertiary/aromatic N) is 3. The smallest absolute Gasteiger partial charge is 0.475 e. The number of hydrogen-bond donors (Lipinski definition) is 2. The third kappa shape index (κ3) is 3.76. The highest BCUT2D eigenvalue weighted by Gasteiger charge is 2.38. The molecule has 110 valence electrons. The van der Waals surface area contributed by atoms with Crippen molar-refractivity contribution in [3.63, 3.8) is 0 Å². The summed E-state index contributed by atoms with van der Waals surface area (Å²) in [5.41, 5.74) is 6.07. The first-order valence-electron chi connectivity index (χ1n) is 4.80. The first-order valence-corrected chi connectivity index (χ1v) is 4.80. The highest BCUT2D eigenvalue weighted by Crippen LogP contribution is 2.18. The molecule has 0 aliphatic heterocycles. The van der Waals surface area contributed by atoms with Gasteiger partial charge in [0.25, 0.3) is 6.43 Å². The van der Waals surface area contributed by atoms with Crippen LogP contribution in [0.5, 0.6) is 0 Å². The zero-order valence-electron chi connectivity index (χ0n) is 9.47. The summed E-state index contributed by atoms with van der Waals surface area (Å²) in [6.45, 7) is 0. The maximum absolute atomic E-state index is 12.2. The van der Waals surface area contributed by atoms with Crippen LogP contribution in [-0.2, 0) is 4.79 Å². The molecule has 2 rings (SSSR count). The molecule has 0 spiro atoms. The molecule has 0 amide bonds. The third-order valence-electron chi connectivity index (χ3n) is 1.90. The molecule has 2 aromatic rings. The summed E-state index contributed by atoms with van der Waals surface area (Å²) in [5, 5.41) is 10.9. The predicted octanol–water partition coefficient (Wildman–Crippen LogP) is 1.88. The van der Waals surface area contributed by atoms with Gasteiger partial charge in [-0.15, -0.1) is 0 Å². The Bertz CT molecular complexity index is 610. The summed E-state index contributed by atoms with van der Waals surface area (Å²) in [6.07, 6.45) is -3.94. The Hall–Kier alpha value is -2.46. The number of rotatable bonds is 1. The van der Waals surface area contributed by atoms with Crippen LogP contribution >= 0.6 is 0 Å². The van der Waals surface area contributed by atoms with E-state index in [0.29, 0.717) is 11.3 Å². The standard InChI is InChI=1S/C7H6F2N4.C2HF3O2/c8-6(9)4-1-11-7-5(10)2-12-13(7)3-4;3-2(4,5)1(6)7/h1-3,6H,10H2;(H,6,7). The Morgan fingerprint density at radius 2 is 1.90 bits per heavy atom. The molecule has 2 heterocycles. The minimum Gasteiger partial charge on any atom is -0.475 e. The van der Waals surface area contributed by atoms with E-state index in [1.165, 1.54) is 16.9 Å². The molecule has 0 saturated carbocycles. The number of nitrogen functional groups attached to an aromatic ring is 1. The summed E-state index contributed by atoms with van der Waals surface area (Å²) in [5.74, 6) is -2.76. The minimum atomic E-state index is -5.08. The lowest BCUT2D eigenvalue weighted by Gasteiger charge is -1.98. The van der Waals surface area contributed by atoms with E-state index in [2.05, 4.69) is 10.1 Å². The van der Waals surface area contributed by atoms with Gasteiger partial charge in [-0.05, 0) is 0 Å². The van der Waals surface area contributed by atoms with Crippen LogP contribution in [-0.4, -0.2) is 31.9 Å². The Morgan fingerprint density at radius 3 is 2.35 bits per heavy atom. The van der Waals surface area contributed by atoms with E-state index in [1.54, 1.807) is 0 Å². The zero-order chi connectivity index (χ0) is 15.5. The SMILES string of the molecule is Nc1cnn2cc(C(F)F)cnc12.O=C(O)C(F)(F)F. The highest BCUT2D eigenvalue weighted by atomic mass is 19.4. The summed E-state index contributed by atoms with van der Waals surface area (Å²) in [4.78, 5) is 12.7. The Morgan fingerprint density at radius 1 is 1.35 bits per heavy atom. The van der Waals surface area contributed by atoms with Gasteiger partial charge in [-0.3, -0.25) is 0 Å². The van der Waals surface area contributed by atoms with Crippen molar-refractivity contribution in [3.8, 4) is 0 Å². The number of anilines is 1. The van der Waals surface area contributed by atoms with Gasteiger partial charge in [0, 0.05) is 12.4 Å². The van der Waals surface area contributed by atoms with Crippen molar-refractivity contribution >= 4 is 17.3 Å². The monoisotopic (exact) mass is 298 g/mol. The van der Waals surface area contributed by atoms with E-state index < -0.39 is 18.6 Å². The second-order valence-corrected chi connectivity index (χ2v) is 3.36. The zero-order valence-corrected chi connectivity index (χ0v) is 9.47. The average Bonchev–Trinajstić information content (AvgIpc) is 2.70. The first kappa shape index (κ1) is 15.6. The second-order valence-electron chi connectivity index (χ2n) is 3.36. The van der Waals surface area contributed by atoms with Gasteiger partial charge in [0.05, 0.1) is 17.4 Å². The van der Waals surface area contributed by atoms with Crippen LogP contribution in [0.4, 0.5) is 27.6 Å². The molecule has 0 aromatic carbocycles. The van der Waals surface area contributed by atoms with Crippen LogP contribution in [0.2, 0.25) is 0 Å². The van der Waals surface area contributed by atoms with Crippen molar-refractivity contribution in [1.29, 1.82) is 0 Å². The number of carboxylic acid groups (broad SMARTS) is 1. The van der Waals surface area contributed by atoms with Gasteiger partial charge < -0.3 is 10.8 Å². The van der Waals surface area contributed by atoms with Gasteiger partial charge in [-0.25, -0.2) is 23.1 Å². The van der Waals surface area contributed by atoms with Crippen molar-refractivity contribution in [2.45, 2.75) is 12.6 Å². The topological polar surface area (TPSA) is 93.5 Å². The minimum absolute atomic E-state index is 0.171. The Balaban J connectivity index is 0.000000246. The molecule has 20 heavy (non-hydrogen) atoms. The van der Waals surface area contributed by atoms with Crippen LogP contribution in [0.1, 0.15) is 12.0 Å². The molecule has 0 radical (unpaired) electrons. The number of fused-ring (bicyclic) bond motifs is 1. The molecular formula is C9H7F5N4O2. The molecule has 11 heteroatoms. The lowest BCUT2D eigenvalue weighted by molar-refractivity contribution is -0.192. The number of carboxylic acids is 1. The van der Waals surface area contributed by atoms with Crippen molar-refractivity contribution in [2.24, 2.45) is 0 Å². The average molecular weight is 298 g/mol. The summed E-state index contributed by atoms with van der Waals surface area (Å²) in [6, 6.07) is 0. The summed E-state index contributed by atoms with van der Waals surface area (Å²) >= 11 is 0. The number of carbonyl (C=O) groups is 1. The molecule has 6 nitrogen and oxygen atoms in total. The van der Waals surface area contributed by atoms with Gasteiger partial charge in [-0.1, -0.05) is 0 Å². The van der Waals surface area contributed by atoms with E-state index in [1.807, 2.05) is 0 Å². The Kier molecular flexibility index (Phi) is 4.42. The van der Waals surface area contributed by atoms with Crippen molar-refractivity contribution in [2.75, 3.05) is 5.73 Å². The molecule has 0 aliphatic carbocycles. The largest absolute Gasteiger partial charge is 0.490 e. The Labute approximate surface area is 107 Å². The quantitative estimate of drug-likeness (QED) is 0.784. The fourth-order valence-corrected chi connectivity index (χ4v) is 1.02. The van der Waals surface area contributed by atoms with Gasteiger partial charge in [0.1, 0.15) is 0 Å². The molecule has 0 atom stereocenters. The van der Waals surface area contributed by atoms with Gasteiger partial charge in [-0.2, -0.15) is 18.3 Å². The third-order valence-corrected chi connectivity index (χ3v) is 1.90. The van der Waals surface area contributed by atoms with Crippen molar-refractivity contribution in [3.05, 3.63) is 24.2 Å².